The van der Waals surface area contributed by atoms with Gasteiger partial charge in [0.05, 0.1) is 11.9 Å². The number of sulfonamides is 1. The van der Waals surface area contributed by atoms with Crippen molar-refractivity contribution in [2.45, 2.75) is 18.4 Å². The summed E-state index contributed by atoms with van der Waals surface area (Å²) < 4.78 is 54.9. The van der Waals surface area contributed by atoms with Gasteiger partial charge in [-0.3, -0.25) is 4.72 Å². The fraction of sp³-hybridized carbons (Fsp3) is 0.214. The van der Waals surface area contributed by atoms with Crippen molar-refractivity contribution in [2.24, 2.45) is 7.05 Å². The van der Waals surface area contributed by atoms with Crippen molar-refractivity contribution in [3.05, 3.63) is 42.5 Å². The maximum absolute atomic E-state index is 12.8. The van der Waals surface area contributed by atoms with Crippen LogP contribution in [0.2, 0.25) is 0 Å². The first-order valence-corrected chi connectivity index (χ1v) is 8.57. The van der Waals surface area contributed by atoms with Gasteiger partial charge in [0.1, 0.15) is 11.2 Å². The van der Waals surface area contributed by atoms with Crippen molar-refractivity contribution in [1.29, 1.82) is 0 Å². The summed E-state index contributed by atoms with van der Waals surface area (Å²) in [5.41, 5.74) is 0.775. The van der Waals surface area contributed by atoms with Gasteiger partial charge in [0, 0.05) is 18.3 Å². The summed E-state index contributed by atoms with van der Waals surface area (Å²) in [4.78, 5) is -0.308. The Morgan fingerprint density at radius 2 is 2.04 bits per heavy atom. The molecule has 0 spiro atoms. The number of nitrogens with one attached hydrogen (secondary N) is 1. The summed E-state index contributed by atoms with van der Waals surface area (Å²) >= 11 is 0. The van der Waals surface area contributed by atoms with Gasteiger partial charge in [-0.15, -0.1) is 10.2 Å². The first-order valence-electron chi connectivity index (χ1n) is 7.09. The molecular weight excluding hydrogens is 354 g/mol. The highest BCUT2D eigenvalue weighted by Crippen LogP contribution is 2.25. The van der Waals surface area contributed by atoms with Gasteiger partial charge in [-0.1, -0.05) is 12.1 Å². The highest BCUT2D eigenvalue weighted by Gasteiger charge is 2.24. The molecule has 0 amide bonds. The Balaban J connectivity index is 1.93. The van der Waals surface area contributed by atoms with Crippen LogP contribution in [0.3, 0.4) is 0 Å². The Labute approximate surface area is 142 Å². The first kappa shape index (κ1) is 17.0. The van der Waals surface area contributed by atoms with E-state index in [4.69, 9.17) is 0 Å². The molecule has 0 aliphatic carbocycles. The van der Waals surface area contributed by atoms with E-state index in [1.807, 2.05) is 0 Å². The topological polar surface area (TPSA) is 94.7 Å². The Bertz CT molecular complexity index is 1010. The molecule has 0 radical (unpaired) electrons. The largest absolute Gasteiger partial charge is 0.333 e. The zero-order chi connectivity index (χ0) is 18.2. The number of hydrogen-bond acceptors (Lipinski definition) is 5. The molecule has 0 fully saturated rings. The average molecular weight is 368 g/mol. The summed E-state index contributed by atoms with van der Waals surface area (Å²) in [6.07, 6.45) is 2.42. The van der Waals surface area contributed by atoms with E-state index >= 15 is 0 Å². The lowest BCUT2D eigenvalue weighted by Gasteiger charge is -2.09. The van der Waals surface area contributed by atoms with E-state index in [0.717, 1.165) is 6.20 Å². The molecule has 0 atom stereocenters. The van der Waals surface area contributed by atoms with Crippen LogP contribution >= 0.6 is 0 Å². The number of hydrogen-bond donors (Lipinski definition) is 1. The molecule has 1 N–H and O–H groups in total. The van der Waals surface area contributed by atoms with E-state index in [2.05, 4.69) is 20.0 Å². The van der Waals surface area contributed by atoms with Gasteiger partial charge in [0.25, 0.3) is 10.0 Å². The molecule has 11 heteroatoms. The van der Waals surface area contributed by atoms with Crippen LogP contribution in [0.25, 0.3) is 11.4 Å². The van der Waals surface area contributed by atoms with Gasteiger partial charge in [0.2, 0.25) is 0 Å². The van der Waals surface area contributed by atoms with Crippen LogP contribution in [0.4, 0.5) is 14.5 Å². The molecule has 132 valence electrons. The fourth-order valence-corrected chi connectivity index (χ4v) is 3.56. The molecule has 0 aliphatic heterocycles. The first-order chi connectivity index (χ1) is 11.8. The molecule has 0 saturated heterocycles. The monoisotopic (exact) mass is 368 g/mol. The van der Waals surface area contributed by atoms with Crippen molar-refractivity contribution in [3.63, 3.8) is 0 Å². The molecule has 2 heterocycles. The smallest absolute Gasteiger partial charge is 0.317 e. The lowest BCUT2D eigenvalue weighted by molar-refractivity contribution is 0.0541. The van der Waals surface area contributed by atoms with Crippen molar-refractivity contribution in [3.8, 4) is 11.4 Å². The molecule has 25 heavy (non-hydrogen) atoms. The lowest BCUT2D eigenvalue weighted by Crippen LogP contribution is -2.14. The SMILES string of the molecule is Cc1c(S(=O)(=O)Nc2cccc(-c3nncn3C)c2)cnn1C(F)F. The minimum Gasteiger partial charge on any atom is -0.317 e. The summed E-state index contributed by atoms with van der Waals surface area (Å²) in [5, 5.41) is 11.1. The van der Waals surface area contributed by atoms with Crippen LogP contribution in [0.5, 0.6) is 0 Å². The minimum atomic E-state index is -4.06. The third-order valence-electron chi connectivity index (χ3n) is 3.56. The molecule has 8 nitrogen and oxygen atoms in total. The highest BCUT2D eigenvalue weighted by molar-refractivity contribution is 7.92. The lowest BCUT2D eigenvalue weighted by atomic mass is 10.2. The highest BCUT2D eigenvalue weighted by atomic mass is 32.2. The van der Waals surface area contributed by atoms with E-state index in [0.29, 0.717) is 16.1 Å². The summed E-state index contributed by atoms with van der Waals surface area (Å²) in [6.45, 7) is -1.65. The second kappa shape index (κ2) is 6.24. The zero-order valence-electron chi connectivity index (χ0n) is 13.3. The minimum absolute atomic E-state index is 0.146. The van der Waals surface area contributed by atoms with E-state index in [9.17, 15) is 17.2 Å². The molecule has 0 saturated carbocycles. The van der Waals surface area contributed by atoms with Crippen molar-refractivity contribution < 1.29 is 17.2 Å². The van der Waals surface area contributed by atoms with Gasteiger partial charge in [-0.25, -0.2) is 13.1 Å². The average Bonchev–Trinajstić information content (AvgIpc) is 3.13. The van der Waals surface area contributed by atoms with E-state index in [1.165, 1.54) is 13.3 Å². The van der Waals surface area contributed by atoms with Gasteiger partial charge in [0.15, 0.2) is 5.82 Å². The predicted molar refractivity (Wildman–Crippen MR) is 85.5 cm³/mol. The Morgan fingerprint density at radius 3 is 2.64 bits per heavy atom. The maximum Gasteiger partial charge on any atom is 0.333 e. The Kier molecular flexibility index (Phi) is 4.25. The van der Waals surface area contributed by atoms with Crippen molar-refractivity contribution in [2.75, 3.05) is 4.72 Å². The number of alkyl halides is 2. The zero-order valence-corrected chi connectivity index (χ0v) is 14.1. The van der Waals surface area contributed by atoms with Crippen molar-refractivity contribution >= 4 is 15.7 Å². The van der Waals surface area contributed by atoms with E-state index in [1.54, 1.807) is 35.9 Å². The predicted octanol–water partition coefficient (Wildman–Crippen LogP) is 2.18. The number of aryl methyl sites for hydroxylation is 1. The van der Waals surface area contributed by atoms with E-state index < -0.39 is 16.6 Å². The molecule has 3 rings (SSSR count). The van der Waals surface area contributed by atoms with Crippen LogP contribution < -0.4 is 4.72 Å². The summed E-state index contributed by atoms with van der Waals surface area (Å²) in [6, 6.07) is 6.53. The maximum atomic E-state index is 12.8. The second-order valence-corrected chi connectivity index (χ2v) is 6.92. The number of halogens is 2. The van der Waals surface area contributed by atoms with Crippen LogP contribution in [0.1, 0.15) is 12.2 Å². The summed E-state index contributed by atoms with van der Waals surface area (Å²) in [5.74, 6) is 0.558. The van der Waals surface area contributed by atoms with Gasteiger partial charge in [-0.05, 0) is 19.1 Å². The molecule has 0 unspecified atom stereocenters. The molecular formula is C14H14F2N6O2S. The normalized spacial score (nSPS) is 11.9. The standard InChI is InChI=1S/C14H14F2N6O2S/c1-9-12(7-18-22(9)14(15)16)25(23,24)20-11-5-3-4-10(6-11)13-19-17-8-21(13)2/h3-8,14,20H,1-2H3. The third-order valence-corrected chi connectivity index (χ3v) is 5.04. The third kappa shape index (κ3) is 3.22. The number of benzene rings is 1. The Hall–Kier alpha value is -2.82. The quantitative estimate of drug-likeness (QED) is 0.745. The van der Waals surface area contributed by atoms with Crippen LogP contribution in [-0.4, -0.2) is 33.0 Å². The molecule has 0 bridgehead atoms. The van der Waals surface area contributed by atoms with Crippen LogP contribution in [0, 0.1) is 6.92 Å². The number of nitrogens with zero attached hydrogens (tertiary/aromatic N) is 5. The van der Waals surface area contributed by atoms with Crippen LogP contribution in [-0.2, 0) is 17.1 Å². The number of rotatable bonds is 5. The molecule has 1 aromatic carbocycles. The fourth-order valence-electron chi connectivity index (χ4n) is 2.34. The second-order valence-electron chi connectivity index (χ2n) is 5.27. The van der Waals surface area contributed by atoms with Gasteiger partial charge in [-0.2, -0.15) is 13.9 Å². The van der Waals surface area contributed by atoms with Crippen molar-refractivity contribution in [1.82, 2.24) is 24.5 Å². The van der Waals surface area contributed by atoms with Gasteiger partial charge >= 0.3 is 6.55 Å². The Morgan fingerprint density at radius 1 is 1.28 bits per heavy atom. The molecule has 3 aromatic rings. The number of aromatic nitrogens is 5. The summed E-state index contributed by atoms with van der Waals surface area (Å²) in [7, 11) is -2.30. The molecule has 0 aliphatic rings. The number of anilines is 1. The van der Waals surface area contributed by atoms with E-state index in [-0.39, 0.29) is 16.3 Å². The van der Waals surface area contributed by atoms with Crippen LogP contribution in [0.15, 0.2) is 41.7 Å². The molecule has 2 aromatic heterocycles. The van der Waals surface area contributed by atoms with Gasteiger partial charge < -0.3 is 4.57 Å².